The predicted molar refractivity (Wildman–Crippen MR) is 71.8 cm³/mol. The lowest BCUT2D eigenvalue weighted by atomic mass is 10.1. The molecule has 1 heterocycles. The molecule has 0 aliphatic heterocycles. The molecule has 0 atom stereocenters. The molecular formula is C13H11BrFN3. The van der Waals surface area contributed by atoms with Gasteiger partial charge in [0.05, 0.1) is 5.69 Å². The topological polar surface area (TPSA) is 37.8 Å². The van der Waals surface area contributed by atoms with Crippen LogP contribution in [0.1, 0.15) is 12.8 Å². The van der Waals surface area contributed by atoms with Crippen LogP contribution >= 0.6 is 15.9 Å². The Morgan fingerprint density at radius 2 is 2.11 bits per heavy atom. The van der Waals surface area contributed by atoms with Gasteiger partial charge in [0.2, 0.25) is 5.95 Å². The van der Waals surface area contributed by atoms with Crippen molar-refractivity contribution in [3.8, 4) is 11.3 Å². The molecule has 1 aliphatic rings. The maximum absolute atomic E-state index is 13.8. The van der Waals surface area contributed by atoms with Gasteiger partial charge >= 0.3 is 0 Å². The Hall–Kier alpha value is -1.49. The van der Waals surface area contributed by atoms with E-state index in [-0.39, 0.29) is 5.82 Å². The van der Waals surface area contributed by atoms with E-state index in [1.165, 1.54) is 6.07 Å². The van der Waals surface area contributed by atoms with Gasteiger partial charge in [0.15, 0.2) is 0 Å². The summed E-state index contributed by atoms with van der Waals surface area (Å²) in [4.78, 5) is 8.47. The van der Waals surface area contributed by atoms with Crippen LogP contribution in [0, 0.1) is 5.82 Å². The van der Waals surface area contributed by atoms with Crippen LogP contribution in [0.15, 0.2) is 34.9 Å². The van der Waals surface area contributed by atoms with Gasteiger partial charge in [0, 0.05) is 22.3 Å². The zero-order chi connectivity index (χ0) is 12.5. The summed E-state index contributed by atoms with van der Waals surface area (Å²) in [5, 5.41) is 3.20. The van der Waals surface area contributed by atoms with E-state index < -0.39 is 0 Å². The van der Waals surface area contributed by atoms with Gasteiger partial charge < -0.3 is 5.32 Å². The highest BCUT2D eigenvalue weighted by Gasteiger charge is 2.22. The largest absolute Gasteiger partial charge is 0.351 e. The summed E-state index contributed by atoms with van der Waals surface area (Å²) in [7, 11) is 0. The number of hydrogen-bond donors (Lipinski definition) is 1. The first-order valence-electron chi connectivity index (χ1n) is 5.77. The van der Waals surface area contributed by atoms with Crippen LogP contribution in [0.2, 0.25) is 0 Å². The first-order valence-corrected chi connectivity index (χ1v) is 6.57. The number of halogens is 2. The van der Waals surface area contributed by atoms with E-state index in [0.717, 1.165) is 12.8 Å². The molecule has 92 valence electrons. The second-order valence-electron chi connectivity index (χ2n) is 4.31. The first-order chi connectivity index (χ1) is 8.72. The molecule has 0 amide bonds. The number of nitrogens with zero attached hydrogens (tertiary/aromatic N) is 2. The van der Waals surface area contributed by atoms with Crippen molar-refractivity contribution in [2.75, 3.05) is 5.32 Å². The number of aromatic nitrogens is 2. The smallest absolute Gasteiger partial charge is 0.223 e. The second-order valence-corrected chi connectivity index (χ2v) is 5.22. The summed E-state index contributed by atoms with van der Waals surface area (Å²) in [5.41, 5.74) is 1.08. The molecule has 3 rings (SSSR count). The fourth-order valence-electron chi connectivity index (χ4n) is 1.69. The second kappa shape index (κ2) is 4.65. The third-order valence-corrected chi connectivity index (χ3v) is 3.27. The molecular weight excluding hydrogens is 297 g/mol. The Morgan fingerprint density at radius 1 is 1.28 bits per heavy atom. The molecule has 2 aromatic rings. The molecule has 18 heavy (non-hydrogen) atoms. The molecule has 1 saturated carbocycles. The minimum atomic E-state index is -0.291. The Morgan fingerprint density at radius 3 is 2.83 bits per heavy atom. The number of nitrogens with one attached hydrogen (secondary N) is 1. The van der Waals surface area contributed by atoms with Crippen molar-refractivity contribution < 1.29 is 4.39 Å². The Labute approximate surface area is 113 Å². The maximum Gasteiger partial charge on any atom is 0.223 e. The highest BCUT2D eigenvalue weighted by molar-refractivity contribution is 9.10. The van der Waals surface area contributed by atoms with Crippen molar-refractivity contribution in [2.24, 2.45) is 0 Å². The predicted octanol–water partition coefficient (Wildman–Crippen LogP) is 3.62. The SMILES string of the molecule is Fc1cc(Br)ccc1-c1ccnc(NC2CC2)n1. The fourth-order valence-corrected chi connectivity index (χ4v) is 2.02. The molecule has 0 bridgehead atoms. The van der Waals surface area contributed by atoms with E-state index in [2.05, 4.69) is 31.2 Å². The van der Waals surface area contributed by atoms with E-state index in [4.69, 9.17) is 0 Å². The van der Waals surface area contributed by atoms with E-state index in [0.29, 0.717) is 27.7 Å². The van der Waals surface area contributed by atoms with Crippen LogP contribution in [0.25, 0.3) is 11.3 Å². The first kappa shape index (κ1) is 11.6. The maximum atomic E-state index is 13.8. The molecule has 0 spiro atoms. The van der Waals surface area contributed by atoms with Gasteiger partial charge in [-0.05, 0) is 37.1 Å². The van der Waals surface area contributed by atoms with Gasteiger partial charge in [0.1, 0.15) is 5.82 Å². The van der Waals surface area contributed by atoms with E-state index >= 15 is 0 Å². The van der Waals surface area contributed by atoms with Crippen molar-refractivity contribution in [2.45, 2.75) is 18.9 Å². The molecule has 1 N–H and O–H groups in total. The summed E-state index contributed by atoms with van der Waals surface area (Å²) in [5.74, 6) is 0.276. The van der Waals surface area contributed by atoms with Crippen LogP contribution in [-0.2, 0) is 0 Å². The van der Waals surface area contributed by atoms with Crippen LogP contribution in [-0.4, -0.2) is 16.0 Å². The molecule has 1 aromatic heterocycles. The van der Waals surface area contributed by atoms with Gasteiger partial charge in [-0.2, -0.15) is 0 Å². The average molecular weight is 308 g/mol. The molecule has 0 radical (unpaired) electrons. The number of rotatable bonds is 3. The third-order valence-electron chi connectivity index (χ3n) is 2.77. The fraction of sp³-hybridized carbons (Fsp3) is 0.231. The lowest BCUT2D eigenvalue weighted by Crippen LogP contribution is -2.05. The van der Waals surface area contributed by atoms with Crippen molar-refractivity contribution >= 4 is 21.9 Å². The summed E-state index contributed by atoms with van der Waals surface area (Å²) < 4.78 is 14.5. The van der Waals surface area contributed by atoms with E-state index in [1.54, 1.807) is 24.4 Å². The van der Waals surface area contributed by atoms with E-state index in [1.807, 2.05) is 0 Å². The van der Waals surface area contributed by atoms with Crippen molar-refractivity contribution in [3.05, 3.63) is 40.8 Å². The highest BCUT2D eigenvalue weighted by Crippen LogP contribution is 2.26. The van der Waals surface area contributed by atoms with Crippen molar-refractivity contribution in [1.29, 1.82) is 0 Å². The minimum Gasteiger partial charge on any atom is -0.351 e. The normalized spacial score (nSPS) is 14.6. The van der Waals surface area contributed by atoms with E-state index in [9.17, 15) is 4.39 Å². The zero-order valence-corrected chi connectivity index (χ0v) is 11.1. The van der Waals surface area contributed by atoms with Gasteiger partial charge in [-0.15, -0.1) is 0 Å². The molecule has 3 nitrogen and oxygen atoms in total. The lowest BCUT2D eigenvalue weighted by Gasteiger charge is -2.06. The molecule has 5 heteroatoms. The standard InChI is InChI=1S/C13H11BrFN3/c14-8-1-4-10(11(15)7-8)12-5-6-16-13(18-12)17-9-2-3-9/h1,4-7,9H,2-3H2,(H,16,17,18). The molecule has 0 unspecified atom stereocenters. The Kier molecular flexibility index (Phi) is 2.99. The quantitative estimate of drug-likeness (QED) is 0.941. The number of hydrogen-bond acceptors (Lipinski definition) is 3. The third kappa shape index (κ3) is 2.51. The van der Waals surface area contributed by atoms with Gasteiger partial charge in [-0.25, -0.2) is 14.4 Å². The van der Waals surface area contributed by atoms with Gasteiger partial charge in [-0.1, -0.05) is 15.9 Å². The van der Waals surface area contributed by atoms with Crippen molar-refractivity contribution in [3.63, 3.8) is 0 Å². The van der Waals surface area contributed by atoms with Crippen LogP contribution in [0.5, 0.6) is 0 Å². The molecule has 1 fully saturated rings. The number of benzene rings is 1. The molecule has 0 saturated heterocycles. The summed E-state index contributed by atoms with van der Waals surface area (Å²) in [6.45, 7) is 0. The lowest BCUT2D eigenvalue weighted by molar-refractivity contribution is 0.630. The molecule has 1 aromatic carbocycles. The Bertz CT molecular complexity index is 584. The summed E-state index contributed by atoms with van der Waals surface area (Å²) in [6, 6.07) is 7.14. The highest BCUT2D eigenvalue weighted by atomic mass is 79.9. The minimum absolute atomic E-state index is 0.291. The summed E-state index contributed by atoms with van der Waals surface area (Å²) >= 11 is 3.24. The average Bonchev–Trinajstić information content (AvgIpc) is 3.13. The number of anilines is 1. The Balaban J connectivity index is 1.94. The monoisotopic (exact) mass is 307 g/mol. The summed E-state index contributed by atoms with van der Waals surface area (Å²) in [6.07, 6.45) is 3.95. The van der Waals surface area contributed by atoms with Crippen LogP contribution < -0.4 is 5.32 Å². The zero-order valence-electron chi connectivity index (χ0n) is 9.53. The van der Waals surface area contributed by atoms with Gasteiger partial charge in [-0.3, -0.25) is 0 Å². The van der Waals surface area contributed by atoms with Crippen LogP contribution in [0.4, 0.5) is 10.3 Å². The molecule has 1 aliphatic carbocycles. The van der Waals surface area contributed by atoms with Crippen LogP contribution in [0.3, 0.4) is 0 Å². The van der Waals surface area contributed by atoms with Crippen molar-refractivity contribution in [1.82, 2.24) is 9.97 Å². The van der Waals surface area contributed by atoms with Gasteiger partial charge in [0.25, 0.3) is 0 Å².